The van der Waals surface area contributed by atoms with Crippen LogP contribution >= 0.6 is 11.3 Å². The molecule has 2 saturated heterocycles. The van der Waals surface area contributed by atoms with Gasteiger partial charge in [-0.1, -0.05) is 23.5 Å². The summed E-state index contributed by atoms with van der Waals surface area (Å²) in [7, 11) is 0. The number of piperidine rings is 1. The zero-order valence-electron chi connectivity index (χ0n) is 22.1. The van der Waals surface area contributed by atoms with Gasteiger partial charge in [-0.05, 0) is 49.9 Å². The molecule has 5 heterocycles. The van der Waals surface area contributed by atoms with Crippen molar-refractivity contribution in [2.24, 2.45) is 5.92 Å². The number of ether oxygens (including phenoxy) is 2. The lowest BCUT2D eigenvalue weighted by molar-refractivity contribution is -0.0591. The molecule has 1 saturated carbocycles. The number of fused-ring (bicyclic) bond motifs is 2. The Morgan fingerprint density at radius 1 is 1.29 bits per heavy atom. The third-order valence-corrected chi connectivity index (χ3v) is 9.54. The van der Waals surface area contributed by atoms with Gasteiger partial charge in [0.25, 0.3) is 0 Å². The number of carbonyl (C=O) groups is 1. The number of aromatic nitrogens is 4. The highest BCUT2D eigenvalue weighted by Crippen LogP contribution is 2.59. The number of rotatable bonds is 9. The van der Waals surface area contributed by atoms with Crippen molar-refractivity contribution in [3.05, 3.63) is 69.9 Å². The molecule has 12 heteroatoms. The van der Waals surface area contributed by atoms with E-state index in [4.69, 9.17) is 24.7 Å². The molecule has 0 bridgehead atoms. The zero-order chi connectivity index (χ0) is 28.1. The number of imidazole rings is 1. The van der Waals surface area contributed by atoms with Gasteiger partial charge in [0.2, 0.25) is 10.9 Å². The third-order valence-electron chi connectivity index (χ3n) is 8.49. The zero-order valence-corrected chi connectivity index (χ0v) is 22.9. The molecule has 210 valence electrons. The first-order valence-electron chi connectivity index (χ1n) is 13.6. The van der Waals surface area contributed by atoms with Crippen molar-refractivity contribution >= 4 is 27.8 Å². The molecule has 0 radical (unpaired) electrons. The van der Waals surface area contributed by atoms with Crippen LogP contribution in [0.1, 0.15) is 51.7 Å². The van der Waals surface area contributed by atoms with Crippen molar-refractivity contribution in [1.82, 2.24) is 24.4 Å². The van der Waals surface area contributed by atoms with Crippen molar-refractivity contribution in [3.63, 3.8) is 0 Å². The highest BCUT2D eigenvalue weighted by atomic mass is 32.1. The molecule has 0 unspecified atom stereocenters. The van der Waals surface area contributed by atoms with Crippen LogP contribution in [0.15, 0.2) is 36.4 Å². The van der Waals surface area contributed by atoms with Gasteiger partial charge in [-0.3, -0.25) is 4.90 Å². The molecule has 2 aliphatic heterocycles. The molecule has 3 fully saturated rings. The normalized spacial score (nSPS) is 23.5. The molecule has 1 aromatic carbocycles. The van der Waals surface area contributed by atoms with E-state index in [0.717, 1.165) is 66.6 Å². The van der Waals surface area contributed by atoms with Crippen molar-refractivity contribution in [3.8, 4) is 11.9 Å². The topological polar surface area (TPSA) is 126 Å². The largest absolute Gasteiger partial charge is 0.476 e. The van der Waals surface area contributed by atoms with Crippen LogP contribution in [0.25, 0.3) is 10.5 Å². The SMILES string of the molecule is N#Cc1ccc(COc2cccc([C@@]34CCN(Cc5nc6nc(C(=O)O)sc6n5C[C@@H]5CCO5)C[C@@H]3C4)n2)c(F)c1. The van der Waals surface area contributed by atoms with Crippen LogP contribution in [-0.2, 0) is 29.8 Å². The van der Waals surface area contributed by atoms with Gasteiger partial charge in [0, 0.05) is 30.2 Å². The first-order chi connectivity index (χ1) is 19.9. The molecule has 1 aliphatic carbocycles. The second-order valence-corrected chi connectivity index (χ2v) is 12.0. The van der Waals surface area contributed by atoms with Crippen LogP contribution < -0.4 is 4.74 Å². The molecule has 3 aliphatic rings. The number of benzene rings is 1. The van der Waals surface area contributed by atoms with E-state index in [9.17, 15) is 14.3 Å². The highest BCUT2D eigenvalue weighted by Gasteiger charge is 2.58. The van der Waals surface area contributed by atoms with E-state index in [-0.39, 0.29) is 28.7 Å². The summed E-state index contributed by atoms with van der Waals surface area (Å²) in [4.78, 5) is 28.4. The lowest BCUT2D eigenvalue weighted by Gasteiger charge is -2.32. The Kier molecular flexibility index (Phi) is 6.45. The number of likely N-dealkylation sites (tertiary alicyclic amines) is 1. The molecular formula is C29H27FN6O4S. The fourth-order valence-electron chi connectivity index (χ4n) is 6.02. The summed E-state index contributed by atoms with van der Waals surface area (Å²) in [6, 6.07) is 12.1. The molecule has 41 heavy (non-hydrogen) atoms. The number of pyridine rings is 1. The Labute approximate surface area is 239 Å². The number of hydrogen-bond acceptors (Lipinski definition) is 9. The average molecular weight is 575 g/mol. The van der Waals surface area contributed by atoms with Gasteiger partial charge in [0.05, 0.1) is 36.5 Å². The summed E-state index contributed by atoms with van der Waals surface area (Å²) >= 11 is 1.16. The van der Waals surface area contributed by atoms with Gasteiger partial charge in [0.15, 0.2) is 5.65 Å². The van der Waals surface area contributed by atoms with Crippen molar-refractivity contribution in [2.75, 3.05) is 19.7 Å². The smallest absolute Gasteiger partial charge is 0.365 e. The van der Waals surface area contributed by atoms with E-state index < -0.39 is 11.8 Å². The summed E-state index contributed by atoms with van der Waals surface area (Å²) in [5.41, 5.74) is 2.17. The maximum absolute atomic E-state index is 14.3. The minimum absolute atomic E-state index is 0.0169. The first-order valence-corrected chi connectivity index (χ1v) is 14.5. The van der Waals surface area contributed by atoms with Crippen molar-refractivity contribution in [1.29, 1.82) is 5.26 Å². The van der Waals surface area contributed by atoms with E-state index in [1.54, 1.807) is 18.2 Å². The van der Waals surface area contributed by atoms with Gasteiger partial charge in [-0.25, -0.2) is 24.1 Å². The van der Waals surface area contributed by atoms with E-state index in [0.29, 0.717) is 36.1 Å². The fourth-order valence-corrected chi connectivity index (χ4v) is 6.89. The summed E-state index contributed by atoms with van der Waals surface area (Å²) < 4.78 is 27.9. The Hall–Kier alpha value is -3.92. The monoisotopic (exact) mass is 574 g/mol. The second-order valence-electron chi connectivity index (χ2n) is 11.0. The third kappa shape index (κ3) is 4.84. The first kappa shape index (κ1) is 26.0. The predicted molar refractivity (Wildman–Crippen MR) is 146 cm³/mol. The number of aromatic carboxylic acids is 1. The Balaban J connectivity index is 1.03. The quantitative estimate of drug-likeness (QED) is 0.314. The Morgan fingerprint density at radius 2 is 2.17 bits per heavy atom. The van der Waals surface area contributed by atoms with Crippen molar-refractivity contribution < 1.29 is 23.8 Å². The summed E-state index contributed by atoms with van der Waals surface area (Å²) in [6.07, 6.45) is 3.11. The lowest BCUT2D eigenvalue weighted by Crippen LogP contribution is -2.37. The predicted octanol–water partition coefficient (Wildman–Crippen LogP) is 4.13. The molecule has 3 atom stereocenters. The molecule has 0 amide bonds. The minimum atomic E-state index is -1.04. The highest BCUT2D eigenvalue weighted by molar-refractivity contribution is 7.19. The Bertz CT molecular complexity index is 1690. The molecule has 1 N–H and O–H groups in total. The van der Waals surface area contributed by atoms with Crippen LogP contribution in [0.3, 0.4) is 0 Å². The molecule has 3 aromatic heterocycles. The van der Waals surface area contributed by atoms with Gasteiger partial charge in [-0.2, -0.15) is 5.26 Å². The van der Waals surface area contributed by atoms with Gasteiger partial charge < -0.3 is 19.1 Å². The summed E-state index contributed by atoms with van der Waals surface area (Å²) in [5, 5.41) is 18.4. The summed E-state index contributed by atoms with van der Waals surface area (Å²) in [6.45, 7) is 3.90. The van der Waals surface area contributed by atoms with Crippen LogP contribution in [0.5, 0.6) is 5.88 Å². The summed E-state index contributed by atoms with van der Waals surface area (Å²) in [5.74, 6) is 0.315. The average Bonchev–Trinajstić information content (AvgIpc) is 3.40. The standard InChI is InChI=1S/C29H27FN6O4S/c30-21-10-17(12-31)4-5-18(21)16-40-24-3-1-2-22(32-24)29-7-8-35(13-19(29)11-29)15-23-33-25-27(41-26(34-25)28(37)38)36(23)14-20-6-9-39-20/h1-5,10,19-20H,6-9,11,13-16H2,(H,37,38)/t19-,20-,29+/m0/s1. The minimum Gasteiger partial charge on any atom is -0.476 e. The fraction of sp³-hybridized carbons (Fsp3) is 0.414. The maximum atomic E-state index is 14.3. The van der Waals surface area contributed by atoms with E-state index in [2.05, 4.69) is 20.5 Å². The number of carboxylic acids is 1. The van der Waals surface area contributed by atoms with Gasteiger partial charge in [-0.15, -0.1) is 0 Å². The maximum Gasteiger partial charge on any atom is 0.365 e. The number of hydrogen-bond donors (Lipinski definition) is 1. The number of nitriles is 1. The van der Waals surface area contributed by atoms with E-state index >= 15 is 0 Å². The molecular weight excluding hydrogens is 547 g/mol. The number of carboxylic acid groups (broad SMARTS) is 1. The molecule has 0 spiro atoms. The number of halogens is 1. The molecule has 7 rings (SSSR count). The Morgan fingerprint density at radius 3 is 2.90 bits per heavy atom. The van der Waals surface area contributed by atoms with Gasteiger partial charge >= 0.3 is 5.97 Å². The van der Waals surface area contributed by atoms with Crippen LogP contribution in [-0.4, -0.2) is 61.3 Å². The van der Waals surface area contributed by atoms with Crippen LogP contribution in [0, 0.1) is 23.1 Å². The second kappa shape index (κ2) is 10.2. The van der Waals surface area contributed by atoms with Crippen molar-refractivity contribution in [2.45, 2.75) is 50.5 Å². The van der Waals surface area contributed by atoms with E-state index in [1.165, 1.54) is 6.07 Å². The van der Waals surface area contributed by atoms with Crippen LogP contribution in [0.2, 0.25) is 0 Å². The van der Waals surface area contributed by atoms with Gasteiger partial charge in [0.1, 0.15) is 23.1 Å². The lowest BCUT2D eigenvalue weighted by atomic mass is 9.91. The number of thiazole rings is 1. The molecule has 10 nitrogen and oxygen atoms in total. The number of nitrogens with zero attached hydrogens (tertiary/aromatic N) is 6. The van der Waals surface area contributed by atoms with Crippen LogP contribution in [0.4, 0.5) is 4.39 Å². The molecule has 4 aromatic rings. The van der Waals surface area contributed by atoms with E-state index in [1.807, 2.05) is 12.1 Å².